The maximum Gasteiger partial charge on any atom is 0.318 e. The highest BCUT2D eigenvalue weighted by Crippen LogP contribution is 2.09. The maximum absolute atomic E-state index is 11.5. The number of carbonyl (C=O) groups excluding carboxylic acids is 1. The third-order valence-corrected chi connectivity index (χ3v) is 2.56. The van der Waals surface area contributed by atoms with Gasteiger partial charge in [-0.2, -0.15) is 0 Å². The van der Waals surface area contributed by atoms with Gasteiger partial charge in [-0.05, 0) is 5.56 Å². The van der Waals surface area contributed by atoms with Crippen LogP contribution in [0.1, 0.15) is 5.56 Å². The van der Waals surface area contributed by atoms with Gasteiger partial charge in [-0.15, -0.1) is 0 Å². The van der Waals surface area contributed by atoms with Gasteiger partial charge in [0.15, 0.2) is 0 Å². The van der Waals surface area contributed by atoms with Crippen LogP contribution in [0.5, 0.6) is 0 Å². The summed E-state index contributed by atoms with van der Waals surface area (Å²) in [4.78, 5) is 13.3. The highest BCUT2D eigenvalue weighted by molar-refractivity contribution is 5.76. The number of nitrogens with zero attached hydrogens (tertiary/aromatic N) is 1. The Balaban J connectivity index is 1.99. The van der Waals surface area contributed by atoms with Crippen molar-refractivity contribution in [2.24, 2.45) is 5.73 Å². The first kappa shape index (κ1) is 9.98. The number of nitrogens with one attached hydrogen (secondary N) is 1. The van der Waals surface area contributed by atoms with Crippen LogP contribution in [0.3, 0.4) is 0 Å². The van der Waals surface area contributed by atoms with Crippen LogP contribution in [0.15, 0.2) is 30.3 Å². The molecule has 1 atom stereocenters. The van der Waals surface area contributed by atoms with E-state index in [9.17, 15) is 4.79 Å². The van der Waals surface area contributed by atoms with E-state index in [1.165, 1.54) is 0 Å². The molecule has 1 heterocycles. The first-order valence-corrected chi connectivity index (χ1v) is 5.09. The van der Waals surface area contributed by atoms with Crippen molar-refractivity contribution in [2.75, 3.05) is 13.1 Å². The van der Waals surface area contributed by atoms with Crippen molar-refractivity contribution >= 4 is 6.03 Å². The lowest BCUT2D eigenvalue weighted by Gasteiger charge is -2.14. The molecule has 1 saturated heterocycles. The highest BCUT2D eigenvalue weighted by Gasteiger charge is 2.27. The van der Waals surface area contributed by atoms with Crippen LogP contribution >= 0.6 is 0 Å². The number of amides is 2. The SMILES string of the molecule is NCC1CN(Cc2ccccc2)C(=O)N1. The summed E-state index contributed by atoms with van der Waals surface area (Å²) in [6.07, 6.45) is 0. The molecule has 4 nitrogen and oxygen atoms in total. The van der Waals surface area contributed by atoms with Crippen LogP contribution in [-0.4, -0.2) is 30.1 Å². The standard InChI is InChI=1S/C11H15N3O/c12-6-10-8-14(11(15)13-10)7-9-4-2-1-3-5-9/h1-5,10H,6-8,12H2,(H,13,15). The molecule has 3 N–H and O–H groups in total. The van der Waals surface area contributed by atoms with Gasteiger partial charge < -0.3 is 16.0 Å². The van der Waals surface area contributed by atoms with Gasteiger partial charge in [0.25, 0.3) is 0 Å². The zero-order chi connectivity index (χ0) is 10.7. The minimum Gasteiger partial charge on any atom is -0.332 e. The molecular formula is C11H15N3O. The molecule has 2 amide bonds. The molecule has 1 fully saturated rings. The number of benzene rings is 1. The van der Waals surface area contributed by atoms with E-state index in [0.29, 0.717) is 19.6 Å². The molecule has 1 aromatic carbocycles. The molecule has 1 aromatic rings. The quantitative estimate of drug-likeness (QED) is 0.756. The van der Waals surface area contributed by atoms with Crippen molar-refractivity contribution < 1.29 is 4.79 Å². The van der Waals surface area contributed by atoms with Crippen LogP contribution in [0.2, 0.25) is 0 Å². The fourth-order valence-electron chi connectivity index (χ4n) is 1.73. The van der Waals surface area contributed by atoms with Crippen molar-refractivity contribution in [2.45, 2.75) is 12.6 Å². The highest BCUT2D eigenvalue weighted by atomic mass is 16.2. The van der Waals surface area contributed by atoms with Gasteiger partial charge in [0.1, 0.15) is 0 Å². The molecule has 0 bridgehead atoms. The fraction of sp³-hybridized carbons (Fsp3) is 0.364. The van der Waals surface area contributed by atoms with Crippen LogP contribution in [0.4, 0.5) is 4.79 Å². The lowest BCUT2D eigenvalue weighted by atomic mass is 10.2. The zero-order valence-corrected chi connectivity index (χ0v) is 8.52. The Morgan fingerprint density at radius 1 is 1.40 bits per heavy atom. The minimum absolute atomic E-state index is 0.0192. The normalized spacial score (nSPS) is 20.5. The van der Waals surface area contributed by atoms with Gasteiger partial charge in [-0.3, -0.25) is 0 Å². The predicted molar refractivity (Wildman–Crippen MR) is 58.2 cm³/mol. The fourth-order valence-corrected chi connectivity index (χ4v) is 1.73. The molecule has 0 aromatic heterocycles. The summed E-state index contributed by atoms with van der Waals surface area (Å²) < 4.78 is 0. The van der Waals surface area contributed by atoms with E-state index in [2.05, 4.69) is 5.32 Å². The number of carbonyl (C=O) groups is 1. The lowest BCUT2D eigenvalue weighted by molar-refractivity contribution is 0.215. The topological polar surface area (TPSA) is 58.4 Å². The first-order chi connectivity index (χ1) is 7.29. The monoisotopic (exact) mass is 205 g/mol. The van der Waals surface area contributed by atoms with E-state index in [4.69, 9.17) is 5.73 Å². The van der Waals surface area contributed by atoms with Crippen molar-refractivity contribution in [1.82, 2.24) is 10.2 Å². The molecule has 1 aliphatic rings. The van der Waals surface area contributed by atoms with Gasteiger partial charge in [-0.1, -0.05) is 30.3 Å². The van der Waals surface area contributed by atoms with E-state index in [-0.39, 0.29) is 12.1 Å². The van der Waals surface area contributed by atoms with E-state index < -0.39 is 0 Å². The van der Waals surface area contributed by atoms with Gasteiger partial charge in [0.05, 0.1) is 6.04 Å². The molecule has 80 valence electrons. The van der Waals surface area contributed by atoms with Crippen LogP contribution in [-0.2, 0) is 6.54 Å². The average molecular weight is 205 g/mol. The summed E-state index contributed by atoms with van der Waals surface area (Å²) in [6.45, 7) is 1.85. The zero-order valence-electron chi connectivity index (χ0n) is 8.52. The molecule has 4 heteroatoms. The second-order valence-electron chi connectivity index (χ2n) is 3.75. The Morgan fingerprint density at radius 3 is 2.73 bits per heavy atom. The summed E-state index contributed by atoms with van der Waals surface area (Å²) in [7, 11) is 0. The Hall–Kier alpha value is -1.55. The van der Waals surface area contributed by atoms with Gasteiger partial charge >= 0.3 is 6.03 Å². The predicted octanol–water partition coefficient (Wildman–Crippen LogP) is 0.539. The summed E-state index contributed by atoms with van der Waals surface area (Å²) in [5.74, 6) is 0. The smallest absolute Gasteiger partial charge is 0.318 e. The largest absolute Gasteiger partial charge is 0.332 e. The number of hydrogen-bond acceptors (Lipinski definition) is 2. The van der Waals surface area contributed by atoms with Gasteiger partial charge in [0.2, 0.25) is 0 Å². The number of hydrogen-bond donors (Lipinski definition) is 2. The molecular weight excluding hydrogens is 190 g/mol. The van der Waals surface area contributed by atoms with E-state index in [1.807, 2.05) is 30.3 Å². The third-order valence-electron chi connectivity index (χ3n) is 2.56. The van der Waals surface area contributed by atoms with E-state index in [1.54, 1.807) is 4.90 Å². The third kappa shape index (κ3) is 2.27. The molecule has 0 aliphatic carbocycles. The Morgan fingerprint density at radius 2 is 2.13 bits per heavy atom. The number of rotatable bonds is 3. The van der Waals surface area contributed by atoms with Crippen molar-refractivity contribution in [3.63, 3.8) is 0 Å². The number of nitrogens with two attached hydrogens (primary N) is 1. The average Bonchev–Trinajstić information content (AvgIpc) is 2.61. The van der Waals surface area contributed by atoms with E-state index >= 15 is 0 Å². The summed E-state index contributed by atoms with van der Waals surface area (Å²) in [5, 5.41) is 2.84. The molecule has 2 rings (SSSR count). The minimum atomic E-state index is -0.0192. The maximum atomic E-state index is 11.5. The second-order valence-corrected chi connectivity index (χ2v) is 3.75. The molecule has 15 heavy (non-hydrogen) atoms. The molecule has 0 radical (unpaired) electrons. The number of urea groups is 1. The van der Waals surface area contributed by atoms with Crippen molar-refractivity contribution in [1.29, 1.82) is 0 Å². The van der Waals surface area contributed by atoms with Gasteiger partial charge in [0, 0.05) is 19.6 Å². The second kappa shape index (κ2) is 4.31. The van der Waals surface area contributed by atoms with Crippen LogP contribution < -0.4 is 11.1 Å². The van der Waals surface area contributed by atoms with Crippen molar-refractivity contribution in [3.8, 4) is 0 Å². The Labute approximate surface area is 89.1 Å². The van der Waals surface area contributed by atoms with Crippen LogP contribution in [0.25, 0.3) is 0 Å². The lowest BCUT2D eigenvalue weighted by Crippen LogP contribution is -2.33. The summed E-state index contributed by atoms with van der Waals surface area (Å²) in [6, 6.07) is 10.0. The van der Waals surface area contributed by atoms with E-state index in [0.717, 1.165) is 5.56 Å². The molecule has 0 saturated carbocycles. The first-order valence-electron chi connectivity index (χ1n) is 5.09. The molecule has 0 spiro atoms. The Bertz CT molecular complexity index is 339. The van der Waals surface area contributed by atoms with Gasteiger partial charge in [-0.25, -0.2) is 4.79 Å². The summed E-state index contributed by atoms with van der Waals surface area (Å²) in [5.41, 5.74) is 6.65. The van der Waals surface area contributed by atoms with Crippen LogP contribution in [0, 0.1) is 0 Å². The summed E-state index contributed by atoms with van der Waals surface area (Å²) >= 11 is 0. The molecule has 1 aliphatic heterocycles. The van der Waals surface area contributed by atoms with Crippen molar-refractivity contribution in [3.05, 3.63) is 35.9 Å². The molecule has 1 unspecified atom stereocenters. The Kier molecular flexibility index (Phi) is 2.87.